The first-order chi connectivity index (χ1) is 19.0. The standard InChI is InChI=1S/C31H37ClN2O4S2/c1-22(2)21-29(31(19-8-20-31)26-13-15-27(32)16-14-26)33-39(35)38-30(25-9-6-5-7-10-25)24(4)34-40(36,37)28-17-11-23(3)12-18-28/h5-7,9-18,22,24,30,34H,8,19-21H2,1-4H3/b33-29+/t24-,30-,39-/m1/s1. The van der Waals surface area contributed by atoms with Gasteiger partial charge in [-0.15, -0.1) is 0 Å². The van der Waals surface area contributed by atoms with Crippen molar-refractivity contribution >= 4 is 38.6 Å². The molecule has 3 atom stereocenters. The van der Waals surface area contributed by atoms with Gasteiger partial charge in [-0.05, 0) is 74.4 Å². The number of aryl methyl sites for hydroxylation is 1. The number of rotatable bonds is 12. The summed E-state index contributed by atoms with van der Waals surface area (Å²) < 4.78 is 53.3. The Labute approximate surface area is 246 Å². The highest BCUT2D eigenvalue weighted by atomic mass is 35.5. The van der Waals surface area contributed by atoms with Gasteiger partial charge in [-0.3, -0.25) is 4.18 Å². The first-order valence-electron chi connectivity index (χ1n) is 13.6. The Kier molecular flexibility index (Phi) is 10.0. The fraction of sp³-hybridized carbons (Fsp3) is 0.387. The normalized spacial score (nSPS) is 17.7. The van der Waals surface area contributed by atoms with E-state index in [9.17, 15) is 12.6 Å². The quantitative estimate of drug-likeness (QED) is 0.222. The zero-order valence-corrected chi connectivity index (χ0v) is 25.7. The number of hydrogen-bond acceptors (Lipinski definition) is 4. The van der Waals surface area contributed by atoms with Crippen LogP contribution < -0.4 is 4.72 Å². The van der Waals surface area contributed by atoms with Crippen molar-refractivity contribution in [2.45, 2.75) is 75.8 Å². The van der Waals surface area contributed by atoms with Crippen molar-refractivity contribution in [2.24, 2.45) is 10.3 Å². The monoisotopic (exact) mass is 600 g/mol. The van der Waals surface area contributed by atoms with Gasteiger partial charge in [0.05, 0.1) is 10.9 Å². The molecule has 1 fully saturated rings. The molecular formula is C31H37ClN2O4S2. The molecule has 1 N–H and O–H groups in total. The molecular weight excluding hydrogens is 564 g/mol. The van der Waals surface area contributed by atoms with E-state index in [1.807, 2.05) is 61.5 Å². The molecule has 1 aliphatic rings. The number of nitrogens with one attached hydrogen (secondary N) is 1. The largest absolute Gasteiger partial charge is 0.285 e. The van der Waals surface area contributed by atoms with Gasteiger partial charge in [0.25, 0.3) is 11.3 Å². The molecule has 0 amide bonds. The summed E-state index contributed by atoms with van der Waals surface area (Å²) in [6.07, 6.45) is 2.71. The third-order valence-corrected chi connectivity index (χ3v) is 9.95. The molecule has 6 nitrogen and oxygen atoms in total. The molecule has 40 heavy (non-hydrogen) atoms. The predicted octanol–water partition coefficient (Wildman–Crippen LogP) is 7.26. The average Bonchev–Trinajstić information content (AvgIpc) is 2.88. The van der Waals surface area contributed by atoms with E-state index in [1.54, 1.807) is 31.2 Å². The van der Waals surface area contributed by atoms with E-state index in [4.69, 9.17) is 15.8 Å². The van der Waals surface area contributed by atoms with Crippen LogP contribution in [-0.4, -0.2) is 24.4 Å². The average molecular weight is 601 g/mol. The molecule has 0 aliphatic heterocycles. The van der Waals surface area contributed by atoms with Crippen LogP contribution in [0.2, 0.25) is 5.02 Å². The topological polar surface area (TPSA) is 84.8 Å². The van der Waals surface area contributed by atoms with Crippen molar-refractivity contribution in [3.8, 4) is 0 Å². The van der Waals surface area contributed by atoms with Crippen molar-refractivity contribution in [3.05, 3.63) is 101 Å². The van der Waals surface area contributed by atoms with Crippen LogP contribution in [0.4, 0.5) is 0 Å². The van der Waals surface area contributed by atoms with Crippen LogP contribution in [-0.2, 0) is 30.9 Å². The second-order valence-corrected chi connectivity index (χ2v) is 13.9. The molecule has 0 heterocycles. The van der Waals surface area contributed by atoms with Gasteiger partial charge < -0.3 is 0 Å². The lowest BCUT2D eigenvalue weighted by molar-refractivity contribution is 0.195. The highest BCUT2D eigenvalue weighted by molar-refractivity contribution is 7.89. The number of benzene rings is 3. The van der Waals surface area contributed by atoms with Crippen LogP contribution in [0.5, 0.6) is 0 Å². The van der Waals surface area contributed by atoms with Gasteiger partial charge in [0.15, 0.2) is 0 Å². The second-order valence-electron chi connectivity index (χ2n) is 10.9. The molecule has 0 unspecified atom stereocenters. The van der Waals surface area contributed by atoms with Crippen LogP contribution in [0, 0.1) is 12.8 Å². The van der Waals surface area contributed by atoms with Crippen LogP contribution in [0.15, 0.2) is 88.2 Å². The summed E-state index contributed by atoms with van der Waals surface area (Å²) in [5.41, 5.74) is 3.30. The molecule has 4 rings (SSSR count). The summed E-state index contributed by atoms with van der Waals surface area (Å²) >= 11 is 4.10. The van der Waals surface area contributed by atoms with E-state index in [0.717, 1.165) is 36.1 Å². The van der Waals surface area contributed by atoms with E-state index in [1.165, 1.54) is 0 Å². The second kappa shape index (κ2) is 13.1. The van der Waals surface area contributed by atoms with Crippen LogP contribution >= 0.6 is 11.6 Å². The Bertz CT molecular complexity index is 1440. The highest BCUT2D eigenvalue weighted by Crippen LogP contribution is 2.47. The van der Waals surface area contributed by atoms with E-state index in [0.29, 0.717) is 22.9 Å². The fourth-order valence-electron chi connectivity index (χ4n) is 5.11. The van der Waals surface area contributed by atoms with E-state index >= 15 is 0 Å². The smallest absolute Gasteiger partial charge is 0.263 e. The fourth-order valence-corrected chi connectivity index (χ4v) is 7.41. The van der Waals surface area contributed by atoms with Crippen molar-refractivity contribution in [2.75, 3.05) is 0 Å². The maximum Gasteiger partial charge on any atom is 0.285 e. The van der Waals surface area contributed by atoms with Gasteiger partial charge in [-0.2, -0.15) is 4.40 Å². The first kappa shape index (κ1) is 30.6. The molecule has 9 heteroatoms. The number of sulfonamides is 1. The molecule has 0 aromatic heterocycles. The van der Waals surface area contributed by atoms with Crippen LogP contribution in [0.25, 0.3) is 0 Å². The highest BCUT2D eigenvalue weighted by Gasteiger charge is 2.44. The summed E-state index contributed by atoms with van der Waals surface area (Å²) in [6.45, 7) is 7.83. The van der Waals surface area contributed by atoms with Crippen LogP contribution in [0.1, 0.15) is 69.2 Å². The van der Waals surface area contributed by atoms with Crippen molar-refractivity contribution in [1.82, 2.24) is 4.72 Å². The van der Waals surface area contributed by atoms with Gasteiger partial charge in [0.2, 0.25) is 10.0 Å². The summed E-state index contributed by atoms with van der Waals surface area (Å²) in [7, 11) is -3.84. The van der Waals surface area contributed by atoms with Gasteiger partial charge >= 0.3 is 0 Å². The lowest BCUT2D eigenvalue weighted by atomic mass is 9.60. The Hall–Kier alpha value is -2.36. The van der Waals surface area contributed by atoms with E-state index in [2.05, 4.69) is 23.0 Å². The minimum absolute atomic E-state index is 0.157. The Balaban J connectivity index is 1.63. The van der Waals surface area contributed by atoms with Crippen molar-refractivity contribution < 1.29 is 16.8 Å². The minimum atomic E-state index is -3.84. The summed E-state index contributed by atoms with van der Waals surface area (Å²) in [5.74, 6) is 0.297. The molecule has 1 saturated carbocycles. The Morgan fingerprint density at radius 1 is 1.00 bits per heavy atom. The lowest BCUT2D eigenvalue weighted by Gasteiger charge is -2.44. The molecule has 0 saturated heterocycles. The van der Waals surface area contributed by atoms with Gasteiger partial charge in [0.1, 0.15) is 6.10 Å². The molecule has 214 valence electrons. The molecule has 3 aromatic carbocycles. The zero-order chi connectivity index (χ0) is 28.9. The maximum atomic E-state index is 13.6. The number of halogens is 1. The number of nitrogens with zero attached hydrogens (tertiary/aromatic N) is 1. The van der Waals surface area contributed by atoms with Crippen molar-refractivity contribution in [3.63, 3.8) is 0 Å². The lowest BCUT2D eigenvalue weighted by Crippen LogP contribution is -2.43. The third kappa shape index (κ3) is 7.28. The van der Waals surface area contributed by atoms with Gasteiger partial charge in [0, 0.05) is 16.1 Å². The molecule has 0 bridgehead atoms. The van der Waals surface area contributed by atoms with Crippen LogP contribution in [0.3, 0.4) is 0 Å². The Morgan fingerprint density at radius 2 is 1.62 bits per heavy atom. The molecule has 0 radical (unpaired) electrons. The van der Waals surface area contributed by atoms with E-state index < -0.39 is 33.4 Å². The first-order valence-corrected chi connectivity index (χ1v) is 16.5. The maximum absolute atomic E-state index is 13.6. The summed E-state index contributed by atoms with van der Waals surface area (Å²) in [6, 6.07) is 22.9. The third-order valence-electron chi connectivity index (χ3n) is 7.38. The van der Waals surface area contributed by atoms with Gasteiger partial charge in [-0.1, -0.05) is 92.0 Å². The van der Waals surface area contributed by atoms with E-state index in [-0.39, 0.29) is 10.3 Å². The molecule has 1 aliphatic carbocycles. The molecule has 0 spiro atoms. The SMILES string of the molecule is Cc1ccc(S(=O)(=O)N[C@H](C)[C@@H](O[S@@](=O)/N=C(\CC(C)C)C2(c3ccc(Cl)cc3)CCC2)c2ccccc2)cc1. The summed E-state index contributed by atoms with van der Waals surface area (Å²) in [5, 5.41) is 0.667. The molecule has 3 aromatic rings. The minimum Gasteiger partial charge on any atom is -0.263 e. The number of hydrogen-bond donors (Lipinski definition) is 1. The zero-order valence-electron chi connectivity index (χ0n) is 23.3. The predicted molar refractivity (Wildman–Crippen MR) is 163 cm³/mol. The van der Waals surface area contributed by atoms with Crippen molar-refractivity contribution in [1.29, 1.82) is 0 Å². The summed E-state index contributed by atoms with van der Waals surface area (Å²) in [4.78, 5) is 0.157. The Morgan fingerprint density at radius 3 is 2.17 bits per heavy atom. The van der Waals surface area contributed by atoms with Gasteiger partial charge in [-0.25, -0.2) is 17.3 Å².